The molecule has 2 heterocycles. The largest absolute Gasteiger partial charge is 0.294 e. The molecule has 0 radical (unpaired) electrons. The third-order valence-corrected chi connectivity index (χ3v) is 6.09. The van der Waals surface area contributed by atoms with Gasteiger partial charge < -0.3 is 0 Å². The van der Waals surface area contributed by atoms with E-state index < -0.39 is 5.91 Å². The topological polar surface area (TPSA) is 65.5 Å². The average molecular weight is 301 g/mol. The van der Waals surface area contributed by atoms with Crippen LogP contribution in [-0.4, -0.2) is 33.6 Å². The van der Waals surface area contributed by atoms with Crippen LogP contribution in [0, 0.1) is 5.41 Å². The van der Waals surface area contributed by atoms with Crippen molar-refractivity contribution < 1.29 is 10.0 Å². The monoisotopic (exact) mass is 301 g/mol. The van der Waals surface area contributed by atoms with Gasteiger partial charge in [0.2, 0.25) is 0 Å². The highest BCUT2D eigenvalue weighted by Gasteiger charge is 2.49. The standard InChI is InChI=1S/C17H23N3O2/c21-16(19-22)13-9-12-4-8-20(11-14(12)18-10-13)15-3-1-5-17(15)6-2-7-17/h9-10,15,22H,1-8,11H2,(H,19,21)/t15-/m0/s1. The van der Waals surface area contributed by atoms with Crippen LogP contribution < -0.4 is 5.48 Å². The molecule has 118 valence electrons. The van der Waals surface area contributed by atoms with Crippen molar-refractivity contribution in [3.63, 3.8) is 0 Å². The fraction of sp³-hybridized carbons (Fsp3) is 0.647. The molecule has 1 aromatic heterocycles. The molecule has 0 bridgehead atoms. The molecule has 2 saturated carbocycles. The first-order valence-electron chi connectivity index (χ1n) is 8.38. The Kier molecular flexibility index (Phi) is 3.42. The average Bonchev–Trinajstić information content (AvgIpc) is 2.98. The third-order valence-electron chi connectivity index (χ3n) is 6.09. The van der Waals surface area contributed by atoms with Gasteiger partial charge in [0.1, 0.15) is 0 Å². The number of nitrogens with one attached hydrogen (secondary N) is 1. The first-order valence-corrected chi connectivity index (χ1v) is 8.38. The molecule has 2 fully saturated rings. The number of fused-ring (bicyclic) bond motifs is 1. The van der Waals surface area contributed by atoms with Gasteiger partial charge >= 0.3 is 0 Å². The van der Waals surface area contributed by atoms with E-state index in [1.54, 1.807) is 11.7 Å². The molecule has 1 spiro atoms. The molecule has 0 aromatic carbocycles. The molecular weight excluding hydrogens is 278 g/mol. The Morgan fingerprint density at radius 1 is 1.36 bits per heavy atom. The number of hydrogen-bond acceptors (Lipinski definition) is 4. The first kappa shape index (κ1) is 14.2. The fourth-order valence-corrected chi connectivity index (χ4v) is 4.79. The van der Waals surface area contributed by atoms with Crippen molar-refractivity contribution in [1.29, 1.82) is 0 Å². The molecule has 1 atom stereocenters. The van der Waals surface area contributed by atoms with Crippen LogP contribution in [-0.2, 0) is 13.0 Å². The van der Waals surface area contributed by atoms with E-state index in [1.165, 1.54) is 38.5 Å². The maximum atomic E-state index is 11.5. The molecule has 2 N–H and O–H groups in total. The zero-order valence-electron chi connectivity index (χ0n) is 12.8. The Hall–Kier alpha value is -1.46. The number of hydroxylamine groups is 1. The van der Waals surface area contributed by atoms with E-state index in [1.807, 2.05) is 6.07 Å². The zero-order chi connectivity index (χ0) is 15.2. The summed E-state index contributed by atoms with van der Waals surface area (Å²) in [6, 6.07) is 2.61. The normalized spacial score (nSPS) is 26.5. The highest BCUT2D eigenvalue weighted by molar-refractivity contribution is 5.93. The van der Waals surface area contributed by atoms with Gasteiger partial charge in [-0.05, 0) is 49.1 Å². The summed E-state index contributed by atoms with van der Waals surface area (Å²) >= 11 is 0. The quantitative estimate of drug-likeness (QED) is 0.650. The van der Waals surface area contributed by atoms with Gasteiger partial charge in [0, 0.05) is 25.3 Å². The maximum Gasteiger partial charge on any atom is 0.276 e. The summed E-state index contributed by atoms with van der Waals surface area (Å²) in [5.41, 5.74) is 4.97. The van der Waals surface area contributed by atoms with Crippen molar-refractivity contribution >= 4 is 5.91 Å². The number of hydrogen-bond donors (Lipinski definition) is 2. The smallest absolute Gasteiger partial charge is 0.276 e. The minimum absolute atomic E-state index is 0.436. The molecule has 5 nitrogen and oxygen atoms in total. The number of aromatic nitrogens is 1. The van der Waals surface area contributed by atoms with Crippen LogP contribution in [0.3, 0.4) is 0 Å². The van der Waals surface area contributed by atoms with Crippen LogP contribution >= 0.6 is 0 Å². The van der Waals surface area contributed by atoms with E-state index in [2.05, 4.69) is 9.88 Å². The van der Waals surface area contributed by atoms with E-state index in [0.29, 0.717) is 11.0 Å². The van der Waals surface area contributed by atoms with Gasteiger partial charge in [-0.3, -0.25) is 19.9 Å². The number of pyridine rings is 1. The first-order chi connectivity index (χ1) is 10.7. The van der Waals surface area contributed by atoms with Gasteiger partial charge in [0.05, 0.1) is 11.3 Å². The van der Waals surface area contributed by atoms with Crippen LogP contribution in [0.2, 0.25) is 0 Å². The van der Waals surface area contributed by atoms with Crippen molar-refractivity contribution in [3.05, 3.63) is 29.1 Å². The van der Waals surface area contributed by atoms with Crippen LogP contribution in [0.1, 0.15) is 60.1 Å². The fourth-order valence-electron chi connectivity index (χ4n) is 4.79. The van der Waals surface area contributed by atoms with E-state index in [-0.39, 0.29) is 0 Å². The second kappa shape index (κ2) is 5.32. The van der Waals surface area contributed by atoms with Crippen molar-refractivity contribution in [1.82, 2.24) is 15.4 Å². The summed E-state index contributed by atoms with van der Waals surface area (Å²) in [7, 11) is 0. The highest BCUT2D eigenvalue weighted by atomic mass is 16.5. The van der Waals surface area contributed by atoms with Crippen molar-refractivity contribution in [2.75, 3.05) is 6.54 Å². The minimum atomic E-state index is -0.484. The number of carbonyl (C=O) groups is 1. The number of carbonyl (C=O) groups excluding carboxylic acids is 1. The van der Waals surface area contributed by atoms with E-state index in [0.717, 1.165) is 36.8 Å². The Balaban J connectivity index is 1.53. The lowest BCUT2D eigenvalue weighted by molar-refractivity contribution is 0.0146. The van der Waals surface area contributed by atoms with Crippen molar-refractivity contribution in [2.24, 2.45) is 5.41 Å². The Morgan fingerprint density at radius 3 is 2.91 bits per heavy atom. The summed E-state index contributed by atoms with van der Waals surface area (Å²) in [5.74, 6) is -0.484. The number of nitrogens with zero attached hydrogens (tertiary/aromatic N) is 2. The lowest BCUT2D eigenvalue weighted by Gasteiger charge is -2.49. The van der Waals surface area contributed by atoms with Crippen LogP contribution in [0.4, 0.5) is 0 Å². The lowest BCUT2D eigenvalue weighted by atomic mass is 9.64. The van der Waals surface area contributed by atoms with Gasteiger partial charge in [-0.15, -0.1) is 0 Å². The molecular formula is C17H23N3O2. The Morgan fingerprint density at radius 2 is 2.18 bits per heavy atom. The van der Waals surface area contributed by atoms with Gasteiger partial charge in [-0.1, -0.05) is 12.8 Å². The van der Waals surface area contributed by atoms with Gasteiger partial charge in [-0.2, -0.15) is 0 Å². The van der Waals surface area contributed by atoms with Crippen molar-refractivity contribution in [3.8, 4) is 0 Å². The third kappa shape index (κ3) is 2.15. The SMILES string of the molecule is O=C(NO)c1cnc2c(c1)CCN([C@H]1CCCC13CCC3)C2. The predicted octanol–water partition coefficient (Wildman–Crippen LogP) is 2.28. The van der Waals surface area contributed by atoms with Crippen molar-refractivity contribution in [2.45, 2.75) is 57.5 Å². The molecule has 0 saturated heterocycles. The molecule has 0 unspecified atom stereocenters. The summed E-state index contributed by atoms with van der Waals surface area (Å²) in [6.45, 7) is 1.97. The van der Waals surface area contributed by atoms with Crippen LogP contribution in [0.25, 0.3) is 0 Å². The summed E-state index contributed by atoms with van der Waals surface area (Å²) in [4.78, 5) is 18.6. The summed E-state index contributed by atoms with van der Waals surface area (Å²) in [6.07, 6.45) is 10.8. The van der Waals surface area contributed by atoms with E-state index >= 15 is 0 Å². The molecule has 22 heavy (non-hydrogen) atoms. The minimum Gasteiger partial charge on any atom is -0.294 e. The lowest BCUT2D eigenvalue weighted by Crippen LogP contribution is -2.49. The number of amides is 1. The van der Waals surface area contributed by atoms with Crippen LogP contribution in [0.15, 0.2) is 12.3 Å². The van der Waals surface area contributed by atoms with Gasteiger partial charge in [-0.25, -0.2) is 5.48 Å². The molecule has 1 aromatic rings. The molecule has 1 aliphatic heterocycles. The molecule has 2 aliphatic carbocycles. The predicted molar refractivity (Wildman–Crippen MR) is 81.5 cm³/mol. The van der Waals surface area contributed by atoms with E-state index in [9.17, 15) is 4.79 Å². The molecule has 4 rings (SSSR count). The van der Waals surface area contributed by atoms with Gasteiger partial charge in [0.15, 0.2) is 0 Å². The highest BCUT2D eigenvalue weighted by Crippen LogP contribution is 2.55. The Bertz CT molecular complexity index is 598. The second-order valence-electron chi connectivity index (χ2n) is 7.12. The molecule has 3 aliphatic rings. The second-order valence-corrected chi connectivity index (χ2v) is 7.12. The maximum absolute atomic E-state index is 11.5. The van der Waals surface area contributed by atoms with Gasteiger partial charge in [0.25, 0.3) is 5.91 Å². The number of rotatable bonds is 2. The Labute approximate surface area is 130 Å². The summed E-state index contributed by atoms with van der Waals surface area (Å²) in [5, 5.41) is 8.73. The van der Waals surface area contributed by atoms with E-state index in [4.69, 9.17) is 5.21 Å². The molecule has 1 amide bonds. The molecule has 5 heteroatoms. The zero-order valence-corrected chi connectivity index (χ0v) is 12.8. The summed E-state index contributed by atoms with van der Waals surface area (Å²) < 4.78 is 0. The van der Waals surface area contributed by atoms with Crippen LogP contribution in [0.5, 0.6) is 0 Å².